The van der Waals surface area contributed by atoms with Gasteiger partial charge in [0.05, 0.1) is 6.04 Å². The highest BCUT2D eigenvalue weighted by atomic mass is 19.1. The second-order valence-electron chi connectivity index (χ2n) is 7.20. The minimum Gasteiger partial charge on any atom is -0.489 e. The van der Waals surface area contributed by atoms with Crippen molar-refractivity contribution in [2.24, 2.45) is 0 Å². The Hall–Kier alpha value is -3.09. The van der Waals surface area contributed by atoms with E-state index in [9.17, 15) is 19.1 Å². The van der Waals surface area contributed by atoms with E-state index in [1.165, 1.54) is 11.0 Å². The number of carbonyl (C=O) groups excluding carboxylic acids is 1. The maximum Gasteiger partial charge on any atom is 0.408 e. The molecule has 2 amide bonds. The van der Waals surface area contributed by atoms with Crippen molar-refractivity contribution < 1.29 is 23.8 Å². The molecule has 4 rings (SSSR count). The highest BCUT2D eigenvalue weighted by Gasteiger charge is 2.56. The molecular weight excluding hydrogens is 363 g/mol. The number of benzene rings is 2. The van der Waals surface area contributed by atoms with E-state index in [4.69, 9.17) is 4.74 Å². The van der Waals surface area contributed by atoms with Gasteiger partial charge in [-0.25, -0.2) is 9.18 Å². The number of nitrogens with one attached hydrogen (secondary N) is 1. The number of likely N-dealkylation sites (tertiary alicyclic amines) is 1. The van der Waals surface area contributed by atoms with Gasteiger partial charge in [0.2, 0.25) is 5.91 Å². The average Bonchev–Trinajstić information content (AvgIpc) is 3.25. The van der Waals surface area contributed by atoms with Crippen molar-refractivity contribution in [2.75, 3.05) is 6.54 Å². The van der Waals surface area contributed by atoms with Gasteiger partial charge in [-0.1, -0.05) is 30.3 Å². The Balaban J connectivity index is 1.56. The zero-order chi connectivity index (χ0) is 19.7. The Bertz CT molecular complexity index is 919. The summed E-state index contributed by atoms with van der Waals surface area (Å²) in [7, 11) is 0. The Kier molecular flexibility index (Phi) is 4.66. The predicted molar refractivity (Wildman–Crippen MR) is 99.4 cm³/mol. The second-order valence-corrected chi connectivity index (χ2v) is 7.20. The highest BCUT2D eigenvalue weighted by molar-refractivity contribution is 5.92. The average molecular weight is 384 g/mol. The molecule has 2 aromatic rings. The maximum atomic E-state index is 13.8. The van der Waals surface area contributed by atoms with E-state index >= 15 is 0 Å². The van der Waals surface area contributed by atoms with Crippen LogP contribution in [0.5, 0.6) is 5.75 Å². The number of hydrogen-bond donors (Lipinski definition) is 2. The number of nitrogens with zero attached hydrogens (tertiary/aromatic N) is 1. The molecular formula is C21H21FN2O4. The quantitative estimate of drug-likeness (QED) is 0.846. The molecule has 146 valence electrons. The first-order valence-corrected chi connectivity index (χ1v) is 9.28. The third-order valence-corrected chi connectivity index (χ3v) is 5.65. The minimum atomic E-state index is -1.10. The van der Waals surface area contributed by atoms with Crippen molar-refractivity contribution in [2.45, 2.75) is 37.5 Å². The summed E-state index contributed by atoms with van der Waals surface area (Å²) in [4.78, 5) is 25.7. The first-order chi connectivity index (χ1) is 13.5. The molecule has 0 bridgehead atoms. The van der Waals surface area contributed by atoms with E-state index in [0.717, 1.165) is 5.56 Å². The smallest absolute Gasteiger partial charge is 0.408 e. The number of ether oxygens (including phenoxy) is 1. The zero-order valence-electron chi connectivity index (χ0n) is 15.2. The van der Waals surface area contributed by atoms with Crippen molar-refractivity contribution in [1.29, 1.82) is 0 Å². The molecule has 2 aromatic carbocycles. The predicted octanol–water partition coefficient (Wildman–Crippen LogP) is 3.48. The SMILES string of the molecule is O=C(O)N1[C@@H](c2cccc(OCc3ccccc3F)c2)CC[C@]12CCNC2=O. The van der Waals surface area contributed by atoms with Gasteiger partial charge in [-0.15, -0.1) is 0 Å². The van der Waals surface area contributed by atoms with Gasteiger partial charge in [-0.05, 0) is 43.0 Å². The summed E-state index contributed by atoms with van der Waals surface area (Å²) in [6.45, 7) is 0.566. The van der Waals surface area contributed by atoms with Gasteiger partial charge in [-0.2, -0.15) is 0 Å². The summed E-state index contributed by atoms with van der Waals surface area (Å²) in [5.41, 5.74) is 0.230. The first kappa shape index (κ1) is 18.3. The maximum absolute atomic E-state index is 13.8. The number of halogens is 1. The number of carbonyl (C=O) groups is 2. The zero-order valence-corrected chi connectivity index (χ0v) is 15.2. The molecule has 2 aliphatic rings. The molecule has 0 saturated carbocycles. The van der Waals surface area contributed by atoms with Crippen LogP contribution < -0.4 is 10.1 Å². The molecule has 0 unspecified atom stereocenters. The monoisotopic (exact) mass is 384 g/mol. The number of hydrogen-bond acceptors (Lipinski definition) is 3. The van der Waals surface area contributed by atoms with E-state index in [1.54, 1.807) is 36.4 Å². The highest BCUT2D eigenvalue weighted by Crippen LogP contribution is 2.46. The van der Waals surface area contributed by atoms with Crippen molar-refractivity contribution in [3.05, 3.63) is 65.5 Å². The molecule has 2 saturated heterocycles. The molecule has 7 heteroatoms. The molecule has 6 nitrogen and oxygen atoms in total. The van der Waals surface area contributed by atoms with Crippen LogP contribution in [0, 0.1) is 5.82 Å². The molecule has 0 aromatic heterocycles. The lowest BCUT2D eigenvalue weighted by Gasteiger charge is -2.34. The van der Waals surface area contributed by atoms with Crippen molar-refractivity contribution in [3.63, 3.8) is 0 Å². The van der Waals surface area contributed by atoms with Gasteiger partial charge in [0.15, 0.2) is 0 Å². The summed E-state index contributed by atoms with van der Waals surface area (Å²) in [5.74, 6) is -0.0204. The Morgan fingerprint density at radius 3 is 2.79 bits per heavy atom. The molecule has 1 spiro atoms. The van der Waals surface area contributed by atoms with Gasteiger partial charge in [0.25, 0.3) is 0 Å². The molecule has 0 radical (unpaired) electrons. The molecule has 2 heterocycles. The largest absolute Gasteiger partial charge is 0.489 e. The summed E-state index contributed by atoms with van der Waals surface area (Å²) in [6.07, 6.45) is 0.447. The second kappa shape index (κ2) is 7.14. The minimum absolute atomic E-state index is 0.0791. The lowest BCUT2D eigenvalue weighted by Crippen LogP contribution is -2.52. The topological polar surface area (TPSA) is 78.9 Å². The standard InChI is InChI=1S/C21H21FN2O4/c22-17-7-2-1-4-15(17)13-28-16-6-3-5-14(12-16)18-8-9-21(24(18)20(26)27)10-11-23-19(21)25/h1-7,12,18H,8-11,13H2,(H,23,25)(H,26,27)/t18-,21-/m1/s1. The van der Waals surface area contributed by atoms with Gasteiger partial charge < -0.3 is 15.2 Å². The van der Waals surface area contributed by atoms with E-state index in [2.05, 4.69) is 5.32 Å². The molecule has 2 N–H and O–H groups in total. The first-order valence-electron chi connectivity index (χ1n) is 9.28. The lowest BCUT2D eigenvalue weighted by molar-refractivity contribution is -0.128. The summed E-state index contributed by atoms with van der Waals surface area (Å²) in [5, 5.41) is 12.6. The number of amides is 2. The summed E-state index contributed by atoms with van der Waals surface area (Å²) < 4.78 is 19.5. The van der Waals surface area contributed by atoms with Crippen LogP contribution in [0.4, 0.5) is 9.18 Å². The van der Waals surface area contributed by atoms with Gasteiger partial charge in [0, 0.05) is 12.1 Å². The molecule has 2 fully saturated rings. The van der Waals surface area contributed by atoms with Crippen LogP contribution in [0.15, 0.2) is 48.5 Å². The normalized spacial score (nSPS) is 23.8. The Labute approximate surface area is 161 Å². The molecule has 2 atom stereocenters. The third-order valence-electron chi connectivity index (χ3n) is 5.65. The fraction of sp³-hybridized carbons (Fsp3) is 0.333. The fourth-order valence-electron chi connectivity index (χ4n) is 4.27. The van der Waals surface area contributed by atoms with Gasteiger partial charge in [0.1, 0.15) is 23.7 Å². The van der Waals surface area contributed by atoms with Crippen LogP contribution in [0.2, 0.25) is 0 Å². The van der Waals surface area contributed by atoms with E-state index in [0.29, 0.717) is 37.1 Å². The Morgan fingerprint density at radius 2 is 2.07 bits per heavy atom. The third kappa shape index (κ3) is 3.06. The number of carboxylic acid groups (broad SMARTS) is 1. The van der Waals surface area contributed by atoms with Crippen LogP contribution in [0.1, 0.15) is 36.4 Å². The van der Waals surface area contributed by atoms with E-state index in [-0.39, 0.29) is 18.3 Å². The summed E-state index contributed by atoms with van der Waals surface area (Å²) in [6, 6.07) is 13.1. The van der Waals surface area contributed by atoms with Crippen molar-refractivity contribution >= 4 is 12.0 Å². The van der Waals surface area contributed by atoms with Crippen LogP contribution in [-0.4, -0.2) is 34.1 Å². The van der Waals surface area contributed by atoms with Crippen LogP contribution in [0.3, 0.4) is 0 Å². The van der Waals surface area contributed by atoms with Crippen molar-refractivity contribution in [1.82, 2.24) is 10.2 Å². The van der Waals surface area contributed by atoms with Gasteiger partial charge >= 0.3 is 6.09 Å². The van der Waals surface area contributed by atoms with Crippen LogP contribution in [-0.2, 0) is 11.4 Å². The summed E-state index contributed by atoms with van der Waals surface area (Å²) >= 11 is 0. The van der Waals surface area contributed by atoms with Crippen LogP contribution >= 0.6 is 0 Å². The lowest BCUT2D eigenvalue weighted by atomic mass is 9.95. The number of rotatable bonds is 4. The Morgan fingerprint density at radius 1 is 1.25 bits per heavy atom. The molecule has 28 heavy (non-hydrogen) atoms. The molecule has 2 aliphatic heterocycles. The van der Waals surface area contributed by atoms with Crippen LogP contribution in [0.25, 0.3) is 0 Å². The van der Waals surface area contributed by atoms with Crippen molar-refractivity contribution in [3.8, 4) is 5.75 Å². The van der Waals surface area contributed by atoms with Gasteiger partial charge in [-0.3, -0.25) is 9.69 Å². The van der Waals surface area contributed by atoms with E-state index in [1.807, 2.05) is 6.07 Å². The fourth-order valence-corrected chi connectivity index (χ4v) is 4.27. The molecule has 0 aliphatic carbocycles. The van der Waals surface area contributed by atoms with E-state index < -0.39 is 17.7 Å².